The van der Waals surface area contributed by atoms with Crippen LogP contribution in [0, 0.1) is 5.92 Å². The van der Waals surface area contributed by atoms with Crippen LogP contribution >= 0.6 is 0 Å². The van der Waals surface area contributed by atoms with Crippen LogP contribution in [-0.4, -0.2) is 11.2 Å². The van der Waals surface area contributed by atoms with Gasteiger partial charge in [-0.15, -0.1) is 0 Å². The molecule has 1 aliphatic carbocycles. The van der Waals surface area contributed by atoms with Crippen LogP contribution in [0.15, 0.2) is 24.3 Å². The second-order valence-electron chi connectivity index (χ2n) is 3.44. The highest BCUT2D eigenvalue weighted by atomic mass is 16.3. The molecule has 0 aromatic carbocycles. The minimum Gasteiger partial charge on any atom is -0.392 e. The number of hydrogen-bond acceptors (Lipinski definition) is 1. The molecule has 2 atom stereocenters. The van der Waals surface area contributed by atoms with Gasteiger partial charge in [0.1, 0.15) is 0 Å². The summed E-state index contributed by atoms with van der Waals surface area (Å²) in [7, 11) is 0. The van der Waals surface area contributed by atoms with Gasteiger partial charge in [-0.1, -0.05) is 24.3 Å². The van der Waals surface area contributed by atoms with Crippen LogP contribution in [0.3, 0.4) is 0 Å². The number of rotatable bonds is 1. The third-order valence-corrected chi connectivity index (χ3v) is 2.35. The Labute approximate surface area is 68.4 Å². The molecule has 1 rings (SSSR count). The summed E-state index contributed by atoms with van der Waals surface area (Å²) in [6, 6.07) is 0. The van der Waals surface area contributed by atoms with Gasteiger partial charge in [0.15, 0.2) is 0 Å². The molecular weight excluding hydrogens is 136 g/mol. The third kappa shape index (κ3) is 1.72. The lowest BCUT2D eigenvalue weighted by Crippen LogP contribution is -2.26. The van der Waals surface area contributed by atoms with Gasteiger partial charge in [0.25, 0.3) is 0 Å². The smallest absolute Gasteiger partial charge is 0.0642 e. The van der Waals surface area contributed by atoms with E-state index in [2.05, 4.69) is 13.2 Å². The first-order valence-electron chi connectivity index (χ1n) is 4.14. The zero-order valence-electron chi connectivity index (χ0n) is 7.14. The van der Waals surface area contributed by atoms with Gasteiger partial charge in [-0.2, -0.15) is 0 Å². The van der Waals surface area contributed by atoms with Gasteiger partial charge in [-0.25, -0.2) is 0 Å². The maximum absolute atomic E-state index is 9.59. The molecule has 0 aliphatic heterocycles. The average molecular weight is 152 g/mol. The molecule has 2 unspecified atom stereocenters. The molecule has 0 aromatic rings. The molecule has 11 heavy (non-hydrogen) atoms. The summed E-state index contributed by atoms with van der Waals surface area (Å²) < 4.78 is 0. The van der Waals surface area contributed by atoms with Crippen molar-refractivity contribution in [2.24, 2.45) is 5.92 Å². The summed E-state index contributed by atoms with van der Waals surface area (Å²) in [5.41, 5.74) is 2.19. The van der Waals surface area contributed by atoms with E-state index in [0.29, 0.717) is 0 Å². The lowest BCUT2D eigenvalue weighted by molar-refractivity contribution is 0.113. The van der Waals surface area contributed by atoms with Crippen molar-refractivity contribution in [2.75, 3.05) is 0 Å². The van der Waals surface area contributed by atoms with Crippen molar-refractivity contribution in [1.29, 1.82) is 0 Å². The van der Waals surface area contributed by atoms with E-state index in [1.807, 2.05) is 6.92 Å². The largest absolute Gasteiger partial charge is 0.392 e. The van der Waals surface area contributed by atoms with Crippen LogP contribution in [0.5, 0.6) is 0 Å². The molecule has 0 heterocycles. The molecule has 0 bridgehead atoms. The van der Waals surface area contributed by atoms with Gasteiger partial charge in [0, 0.05) is 5.92 Å². The van der Waals surface area contributed by atoms with Crippen LogP contribution < -0.4 is 0 Å². The van der Waals surface area contributed by atoms with Crippen molar-refractivity contribution in [1.82, 2.24) is 0 Å². The molecule has 1 heteroatoms. The van der Waals surface area contributed by atoms with E-state index >= 15 is 0 Å². The number of aliphatic hydroxyl groups is 1. The van der Waals surface area contributed by atoms with Crippen LogP contribution in [0.25, 0.3) is 0 Å². The molecule has 0 amide bonds. The molecule has 1 nitrogen and oxygen atoms in total. The summed E-state index contributed by atoms with van der Waals surface area (Å²) >= 11 is 0. The third-order valence-electron chi connectivity index (χ3n) is 2.35. The molecule has 1 fully saturated rings. The lowest BCUT2D eigenvalue weighted by atomic mass is 9.79. The Bertz CT molecular complexity index is 181. The van der Waals surface area contributed by atoms with Crippen molar-refractivity contribution in [3.63, 3.8) is 0 Å². The predicted molar refractivity (Wildman–Crippen MR) is 47.3 cm³/mol. The zero-order valence-corrected chi connectivity index (χ0v) is 7.14. The maximum Gasteiger partial charge on any atom is 0.0642 e. The molecule has 1 aliphatic rings. The molecule has 0 radical (unpaired) electrons. The van der Waals surface area contributed by atoms with Gasteiger partial charge >= 0.3 is 0 Å². The first-order chi connectivity index (χ1) is 5.13. The standard InChI is InChI=1S/C10H16O/c1-7(2)10-8(3)5-4-6-9(10)11/h9-11H,1,3-6H2,2H3. The predicted octanol–water partition coefficient (Wildman–Crippen LogP) is 2.28. The minimum atomic E-state index is -0.228. The second-order valence-corrected chi connectivity index (χ2v) is 3.44. The number of aliphatic hydroxyl groups excluding tert-OH is 1. The summed E-state index contributed by atoms with van der Waals surface area (Å²) in [4.78, 5) is 0. The Morgan fingerprint density at radius 1 is 1.64 bits per heavy atom. The molecule has 0 aromatic heterocycles. The Balaban J connectivity index is 2.70. The van der Waals surface area contributed by atoms with Crippen LogP contribution in [0.1, 0.15) is 26.2 Å². The van der Waals surface area contributed by atoms with Crippen molar-refractivity contribution in [3.05, 3.63) is 24.3 Å². The fourth-order valence-corrected chi connectivity index (χ4v) is 1.81. The van der Waals surface area contributed by atoms with E-state index < -0.39 is 0 Å². The molecule has 0 saturated heterocycles. The highest BCUT2D eigenvalue weighted by molar-refractivity contribution is 5.19. The molecule has 1 saturated carbocycles. The van der Waals surface area contributed by atoms with E-state index in [0.717, 1.165) is 30.4 Å². The number of hydrogen-bond donors (Lipinski definition) is 1. The monoisotopic (exact) mass is 152 g/mol. The van der Waals surface area contributed by atoms with E-state index in [4.69, 9.17) is 0 Å². The summed E-state index contributed by atoms with van der Waals surface area (Å²) in [6.45, 7) is 9.77. The zero-order chi connectivity index (χ0) is 8.43. The van der Waals surface area contributed by atoms with Crippen molar-refractivity contribution >= 4 is 0 Å². The van der Waals surface area contributed by atoms with Crippen molar-refractivity contribution in [3.8, 4) is 0 Å². The summed E-state index contributed by atoms with van der Waals surface area (Å²) in [5, 5.41) is 9.59. The van der Waals surface area contributed by atoms with Gasteiger partial charge in [0.2, 0.25) is 0 Å². The molecule has 0 spiro atoms. The Hall–Kier alpha value is -0.560. The molecule has 1 N–H and O–H groups in total. The fourth-order valence-electron chi connectivity index (χ4n) is 1.81. The van der Waals surface area contributed by atoms with Crippen molar-refractivity contribution in [2.45, 2.75) is 32.3 Å². The van der Waals surface area contributed by atoms with Gasteiger partial charge in [0.05, 0.1) is 6.10 Å². The van der Waals surface area contributed by atoms with E-state index in [1.54, 1.807) is 0 Å². The van der Waals surface area contributed by atoms with E-state index in [1.165, 1.54) is 0 Å². The van der Waals surface area contributed by atoms with Crippen molar-refractivity contribution < 1.29 is 5.11 Å². The SMILES string of the molecule is C=C(C)C1C(=C)CCCC1O. The van der Waals surface area contributed by atoms with E-state index in [-0.39, 0.29) is 12.0 Å². The maximum atomic E-state index is 9.59. The van der Waals surface area contributed by atoms with Gasteiger partial charge in [-0.3, -0.25) is 0 Å². The Morgan fingerprint density at radius 2 is 2.27 bits per heavy atom. The average Bonchev–Trinajstić information content (AvgIpc) is 1.85. The first kappa shape index (κ1) is 8.54. The van der Waals surface area contributed by atoms with Gasteiger partial charge in [-0.05, 0) is 26.2 Å². The Morgan fingerprint density at radius 3 is 2.64 bits per heavy atom. The fraction of sp³-hybridized carbons (Fsp3) is 0.600. The highest BCUT2D eigenvalue weighted by Crippen LogP contribution is 2.32. The highest BCUT2D eigenvalue weighted by Gasteiger charge is 2.26. The minimum absolute atomic E-state index is 0.156. The van der Waals surface area contributed by atoms with Crippen LogP contribution in [0.4, 0.5) is 0 Å². The topological polar surface area (TPSA) is 20.2 Å². The molecular formula is C10H16O. The quantitative estimate of drug-likeness (QED) is 0.571. The first-order valence-corrected chi connectivity index (χ1v) is 4.14. The summed E-state index contributed by atoms with van der Waals surface area (Å²) in [6.07, 6.45) is 2.79. The Kier molecular flexibility index (Phi) is 2.50. The van der Waals surface area contributed by atoms with Gasteiger partial charge < -0.3 is 5.11 Å². The van der Waals surface area contributed by atoms with Crippen LogP contribution in [0.2, 0.25) is 0 Å². The normalized spacial score (nSPS) is 32.0. The lowest BCUT2D eigenvalue weighted by Gasteiger charge is -2.30. The summed E-state index contributed by atoms with van der Waals surface area (Å²) in [5.74, 6) is 0.156. The van der Waals surface area contributed by atoms with Crippen LogP contribution in [-0.2, 0) is 0 Å². The second kappa shape index (κ2) is 3.22. The molecule has 62 valence electrons. The van der Waals surface area contributed by atoms with E-state index in [9.17, 15) is 5.11 Å².